The average Bonchev–Trinajstić information content (AvgIpc) is 3.02. The van der Waals surface area contributed by atoms with Crippen molar-refractivity contribution in [2.45, 2.75) is 45.9 Å². The summed E-state index contributed by atoms with van der Waals surface area (Å²) in [6, 6.07) is 1.93. The summed E-state index contributed by atoms with van der Waals surface area (Å²) in [7, 11) is 3.85. The van der Waals surface area contributed by atoms with Crippen LogP contribution in [0.15, 0.2) is 6.07 Å². The second-order valence-corrected chi connectivity index (χ2v) is 8.55. The molecule has 3 rings (SSSR count). The quantitative estimate of drug-likeness (QED) is 0.855. The molecule has 1 aliphatic heterocycles. The summed E-state index contributed by atoms with van der Waals surface area (Å²) in [5, 5.41) is 15.9. The second kappa shape index (κ2) is 7.85. The van der Waals surface area contributed by atoms with Gasteiger partial charge in [-0.1, -0.05) is 0 Å². The van der Waals surface area contributed by atoms with Crippen molar-refractivity contribution in [3.05, 3.63) is 33.0 Å². The number of rotatable bonds is 5. The minimum atomic E-state index is -0.616. The van der Waals surface area contributed by atoms with Gasteiger partial charge < -0.3 is 14.9 Å². The van der Waals surface area contributed by atoms with Gasteiger partial charge in [-0.15, -0.1) is 11.3 Å². The Balaban J connectivity index is 1.71. The maximum atomic E-state index is 12.8. The van der Waals surface area contributed by atoms with Crippen LogP contribution in [0.4, 0.5) is 0 Å². The first-order valence-electron chi connectivity index (χ1n) is 8.93. The molecule has 7 nitrogen and oxygen atoms in total. The lowest BCUT2D eigenvalue weighted by molar-refractivity contribution is -0.131. The van der Waals surface area contributed by atoms with Gasteiger partial charge in [0, 0.05) is 24.5 Å². The van der Waals surface area contributed by atoms with Crippen LogP contribution in [0.1, 0.15) is 39.5 Å². The van der Waals surface area contributed by atoms with E-state index in [1.165, 1.54) is 0 Å². The number of nitrogens with zero attached hydrogens (tertiary/aromatic N) is 5. The van der Waals surface area contributed by atoms with Gasteiger partial charge in [0.05, 0.1) is 35.1 Å². The average molecular weight is 378 g/mol. The van der Waals surface area contributed by atoms with Crippen LogP contribution >= 0.6 is 11.3 Å². The van der Waals surface area contributed by atoms with Gasteiger partial charge in [-0.3, -0.25) is 9.48 Å². The number of carbonyl (C=O) groups excluding carboxylic acids is 1. The van der Waals surface area contributed by atoms with Crippen LogP contribution in [0.25, 0.3) is 0 Å². The summed E-state index contributed by atoms with van der Waals surface area (Å²) in [5.41, 5.74) is 2.54. The van der Waals surface area contributed by atoms with Crippen LogP contribution in [-0.4, -0.2) is 62.8 Å². The fraction of sp³-hybridized carbons (Fsp3) is 0.611. The number of aliphatic hydroxyl groups excluding tert-OH is 1. The smallest absolute Gasteiger partial charge is 0.228 e. The van der Waals surface area contributed by atoms with E-state index in [0.717, 1.165) is 40.8 Å². The highest BCUT2D eigenvalue weighted by Crippen LogP contribution is 2.21. The summed E-state index contributed by atoms with van der Waals surface area (Å²) < 4.78 is 1.93. The minimum absolute atomic E-state index is 0.100. The number of likely N-dealkylation sites (N-methyl/N-ethyl adjacent to an activating group) is 1. The first-order chi connectivity index (χ1) is 12.3. The molecular weight excluding hydrogens is 350 g/mol. The van der Waals surface area contributed by atoms with E-state index in [4.69, 9.17) is 0 Å². The fourth-order valence-electron chi connectivity index (χ4n) is 3.29. The summed E-state index contributed by atoms with van der Waals surface area (Å²) in [4.78, 5) is 22.2. The van der Waals surface area contributed by atoms with Crippen LogP contribution in [-0.2, 0) is 24.3 Å². The predicted molar refractivity (Wildman–Crippen MR) is 101 cm³/mol. The molecule has 0 aliphatic carbocycles. The molecule has 8 heteroatoms. The van der Waals surface area contributed by atoms with Gasteiger partial charge in [0.15, 0.2) is 0 Å². The zero-order valence-corrected chi connectivity index (χ0v) is 16.7. The minimum Gasteiger partial charge on any atom is -0.385 e. The van der Waals surface area contributed by atoms with Gasteiger partial charge in [-0.25, -0.2) is 4.98 Å². The van der Waals surface area contributed by atoms with Gasteiger partial charge in [-0.2, -0.15) is 5.10 Å². The van der Waals surface area contributed by atoms with E-state index in [0.29, 0.717) is 25.2 Å². The molecule has 1 unspecified atom stereocenters. The van der Waals surface area contributed by atoms with Crippen molar-refractivity contribution in [2.75, 3.05) is 27.2 Å². The van der Waals surface area contributed by atoms with Crippen LogP contribution in [0, 0.1) is 13.8 Å². The summed E-state index contributed by atoms with van der Waals surface area (Å²) in [6.45, 7) is 6.53. The highest BCUT2D eigenvalue weighted by atomic mass is 32.1. The molecule has 0 radical (unpaired) electrons. The van der Waals surface area contributed by atoms with Gasteiger partial charge in [0.25, 0.3) is 0 Å². The topological polar surface area (TPSA) is 74.5 Å². The Labute approximate surface area is 158 Å². The van der Waals surface area contributed by atoms with E-state index in [-0.39, 0.29) is 5.91 Å². The number of carbonyl (C=O) groups is 1. The molecule has 0 fully saturated rings. The molecule has 26 heavy (non-hydrogen) atoms. The maximum absolute atomic E-state index is 12.8. The summed E-state index contributed by atoms with van der Waals surface area (Å²) in [5.74, 6) is 0.100. The molecule has 0 spiro atoms. The molecule has 0 aromatic carbocycles. The number of hydrogen-bond donors (Lipinski definition) is 1. The predicted octanol–water partition coefficient (Wildman–Crippen LogP) is 1.53. The molecule has 1 aliphatic rings. The Hall–Kier alpha value is -1.77. The monoisotopic (exact) mass is 377 g/mol. The molecule has 2 aromatic rings. The Kier molecular flexibility index (Phi) is 5.74. The van der Waals surface area contributed by atoms with Crippen molar-refractivity contribution < 1.29 is 9.90 Å². The molecule has 3 heterocycles. The van der Waals surface area contributed by atoms with Crippen molar-refractivity contribution in [1.82, 2.24) is 24.6 Å². The van der Waals surface area contributed by atoms with Crippen molar-refractivity contribution in [2.24, 2.45) is 0 Å². The van der Waals surface area contributed by atoms with Gasteiger partial charge >= 0.3 is 0 Å². The van der Waals surface area contributed by atoms with E-state index in [2.05, 4.69) is 10.1 Å². The molecule has 0 saturated heterocycles. The van der Waals surface area contributed by atoms with Crippen LogP contribution < -0.4 is 0 Å². The van der Waals surface area contributed by atoms with Crippen molar-refractivity contribution in [3.63, 3.8) is 0 Å². The Bertz CT molecular complexity index is 783. The lowest BCUT2D eigenvalue weighted by Crippen LogP contribution is -2.32. The van der Waals surface area contributed by atoms with Crippen LogP contribution in [0.3, 0.4) is 0 Å². The Morgan fingerprint density at radius 1 is 1.38 bits per heavy atom. The van der Waals surface area contributed by atoms with Gasteiger partial charge in [0.2, 0.25) is 5.91 Å². The maximum Gasteiger partial charge on any atom is 0.228 e. The lowest BCUT2D eigenvalue weighted by atomic mass is 10.2. The standard InChI is InChI=1S/C18H27N5O2S/c1-12-15(19-13(2)26-12)9-18(25)22-6-5-7-23-14(10-22)8-16(20-23)17(24)11-21(3)4/h8,17,24H,5-7,9-11H2,1-4H3. The number of amides is 1. The zero-order valence-electron chi connectivity index (χ0n) is 15.9. The fourth-order valence-corrected chi connectivity index (χ4v) is 4.13. The first kappa shape index (κ1) is 19.0. The summed E-state index contributed by atoms with van der Waals surface area (Å²) >= 11 is 1.63. The van der Waals surface area contributed by atoms with Crippen LogP contribution in [0.2, 0.25) is 0 Å². The number of aliphatic hydroxyl groups is 1. The van der Waals surface area contributed by atoms with Crippen LogP contribution in [0.5, 0.6) is 0 Å². The van der Waals surface area contributed by atoms with E-state index in [1.807, 2.05) is 48.5 Å². The van der Waals surface area contributed by atoms with Crippen molar-refractivity contribution in [1.29, 1.82) is 0 Å². The number of aryl methyl sites for hydroxylation is 3. The molecular formula is C18H27N5O2S. The second-order valence-electron chi connectivity index (χ2n) is 7.14. The molecule has 0 saturated carbocycles. The molecule has 142 valence electrons. The number of thiazole rings is 1. The van der Waals surface area contributed by atoms with Crippen molar-refractivity contribution in [3.8, 4) is 0 Å². The number of fused-ring (bicyclic) bond motifs is 1. The number of aromatic nitrogens is 3. The van der Waals surface area contributed by atoms with Crippen molar-refractivity contribution >= 4 is 17.2 Å². The molecule has 1 N–H and O–H groups in total. The van der Waals surface area contributed by atoms with E-state index in [1.54, 1.807) is 11.3 Å². The largest absolute Gasteiger partial charge is 0.385 e. The highest BCUT2D eigenvalue weighted by Gasteiger charge is 2.23. The number of hydrogen-bond acceptors (Lipinski definition) is 6. The third-order valence-corrected chi connectivity index (χ3v) is 5.51. The SMILES string of the molecule is Cc1nc(CC(=O)N2CCCn3nc(C(O)CN(C)C)cc3C2)c(C)s1. The highest BCUT2D eigenvalue weighted by molar-refractivity contribution is 7.11. The molecule has 1 amide bonds. The third kappa shape index (κ3) is 4.31. The van der Waals surface area contributed by atoms with Gasteiger partial charge in [-0.05, 0) is 40.4 Å². The van der Waals surface area contributed by atoms with Gasteiger partial charge in [0.1, 0.15) is 6.10 Å². The zero-order chi connectivity index (χ0) is 18.8. The molecule has 1 atom stereocenters. The Morgan fingerprint density at radius 2 is 2.15 bits per heavy atom. The first-order valence-corrected chi connectivity index (χ1v) is 9.75. The third-order valence-electron chi connectivity index (χ3n) is 4.58. The van der Waals surface area contributed by atoms with E-state index in [9.17, 15) is 9.90 Å². The molecule has 0 bridgehead atoms. The van der Waals surface area contributed by atoms with E-state index < -0.39 is 6.10 Å². The Morgan fingerprint density at radius 3 is 2.81 bits per heavy atom. The summed E-state index contributed by atoms with van der Waals surface area (Å²) in [6.07, 6.45) is 0.591. The van der Waals surface area contributed by atoms with E-state index >= 15 is 0 Å². The molecule has 2 aromatic heterocycles. The lowest BCUT2D eigenvalue weighted by Gasteiger charge is -2.19. The normalized spacial score (nSPS) is 15.8.